The normalized spacial score (nSPS) is 8.23. The zero-order valence-electron chi connectivity index (χ0n) is 6.45. The van der Waals surface area contributed by atoms with Crippen LogP contribution in [0.5, 0.6) is 0 Å². The Kier molecular flexibility index (Phi) is 9.88. The highest BCUT2D eigenvalue weighted by Gasteiger charge is 1.99. The van der Waals surface area contributed by atoms with Gasteiger partial charge in [-0.05, 0) is 0 Å². The van der Waals surface area contributed by atoms with Crippen molar-refractivity contribution in [3.63, 3.8) is 0 Å². The van der Waals surface area contributed by atoms with Crippen LogP contribution in [0.3, 0.4) is 0 Å². The van der Waals surface area contributed by atoms with Crippen LogP contribution in [0.1, 0.15) is 0 Å². The van der Waals surface area contributed by atoms with E-state index in [0.29, 0.717) is 0 Å². The van der Waals surface area contributed by atoms with Crippen molar-refractivity contribution in [2.24, 2.45) is 0 Å². The molecule has 0 saturated carbocycles. The zero-order chi connectivity index (χ0) is 10.9. The standard InChI is InChI=1S/C4H6O5.BH3O3/c5-3(6)1-9-2-4(7)8;2-1(3)4/h1-2H2,(H,5,6)(H,7,8);2-4H. The first-order valence-corrected chi connectivity index (χ1v) is 2.91. The third-order valence-corrected chi connectivity index (χ3v) is 0.451. The van der Waals surface area contributed by atoms with Crippen LogP contribution in [-0.4, -0.2) is 57.8 Å². The third kappa shape index (κ3) is 36.1. The lowest BCUT2D eigenvalue weighted by Crippen LogP contribution is -2.13. The molecule has 0 saturated heterocycles. The molecule has 0 aliphatic heterocycles. The van der Waals surface area contributed by atoms with Gasteiger partial charge in [-0.15, -0.1) is 0 Å². The minimum atomic E-state index is -2.17. The maximum atomic E-state index is 9.66. The number of carbonyl (C=O) groups is 2. The van der Waals surface area contributed by atoms with Crippen LogP contribution in [0.4, 0.5) is 0 Å². The van der Waals surface area contributed by atoms with Crippen LogP contribution in [0.25, 0.3) is 0 Å². The van der Waals surface area contributed by atoms with Gasteiger partial charge in [0.1, 0.15) is 13.2 Å². The Balaban J connectivity index is 0. The molecule has 0 aliphatic rings. The molecule has 76 valence electrons. The van der Waals surface area contributed by atoms with E-state index < -0.39 is 32.5 Å². The van der Waals surface area contributed by atoms with Gasteiger partial charge in [0.25, 0.3) is 0 Å². The second kappa shape index (κ2) is 8.94. The number of hydrogen-bond donors (Lipinski definition) is 5. The summed E-state index contributed by atoms with van der Waals surface area (Å²) >= 11 is 0. The smallest absolute Gasteiger partial charge is 0.480 e. The zero-order valence-corrected chi connectivity index (χ0v) is 6.45. The van der Waals surface area contributed by atoms with E-state index in [1.54, 1.807) is 0 Å². The van der Waals surface area contributed by atoms with Gasteiger partial charge in [0, 0.05) is 0 Å². The van der Waals surface area contributed by atoms with E-state index in [9.17, 15) is 9.59 Å². The second-order valence-electron chi connectivity index (χ2n) is 1.63. The highest BCUT2D eigenvalue weighted by atomic mass is 16.5. The molecule has 0 rings (SSSR count). The molecular weight excluding hydrogens is 187 g/mol. The minimum Gasteiger partial charge on any atom is -0.480 e. The second-order valence-corrected chi connectivity index (χ2v) is 1.63. The van der Waals surface area contributed by atoms with Gasteiger partial charge in [-0.2, -0.15) is 0 Å². The molecule has 9 heteroatoms. The number of carboxylic acids is 2. The average Bonchev–Trinajstić information content (AvgIpc) is 1.83. The molecule has 8 nitrogen and oxygen atoms in total. The molecule has 0 aliphatic carbocycles. The molecule has 13 heavy (non-hydrogen) atoms. The summed E-state index contributed by atoms with van der Waals surface area (Å²) in [6, 6.07) is 0. The Morgan fingerprint density at radius 3 is 1.38 bits per heavy atom. The van der Waals surface area contributed by atoms with Crippen LogP contribution in [0.15, 0.2) is 0 Å². The fourth-order valence-corrected chi connectivity index (χ4v) is 0.226. The van der Waals surface area contributed by atoms with Crippen LogP contribution < -0.4 is 0 Å². The first kappa shape index (κ1) is 14.4. The number of carboxylic acid groups (broad SMARTS) is 2. The Bertz CT molecular complexity index is 139. The lowest BCUT2D eigenvalue weighted by molar-refractivity contribution is -0.148. The fourth-order valence-electron chi connectivity index (χ4n) is 0.226. The van der Waals surface area contributed by atoms with Crippen molar-refractivity contribution in [3.8, 4) is 0 Å². The summed E-state index contributed by atoms with van der Waals surface area (Å²) in [5.41, 5.74) is 0. The molecule has 0 atom stereocenters. The van der Waals surface area contributed by atoms with E-state index in [1.807, 2.05) is 0 Å². The molecule has 0 aromatic heterocycles. The average molecular weight is 196 g/mol. The molecule has 0 radical (unpaired) electrons. The lowest BCUT2D eigenvalue weighted by Gasteiger charge is -1.92. The van der Waals surface area contributed by atoms with Gasteiger partial charge in [-0.1, -0.05) is 0 Å². The number of aliphatic carboxylic acids is 2. The number of rotatable bonds is 4. The summed E-state index contributed by atoms with van der Waals surface area (Å²) < 4.78 is 4.16. The van der Waals surface area contributed by atoms with Crippen molar-refractivity contribution in [2.45, 2.75) is 0 Å². The first-order chi connectivity index (χ1) is 5.86. The summed E-state index contributed by atoms with van der Waals surface area (Å²) in [5.74, 6) is -2.34. The molecule has 0 heterocycles. The van der Waals surface area contributed by atoms with Gasteiger partial charge in [0.2, 0.25) is 0 Å². The van der Waals surface area contributed by atoms with Crippen molar-refractivity contribution in [1.29, 1.82) is 0 Å². The summed E-state index contributed by atoms with van der Waals surface area (Å²) in [6.45, 7) is -1.13. The Morgan fingerprint density at radius 2 is 1.23 bits per heavy atom. The van der Waals surface area contributed by atoms with Crippen molar-refractivity contribution < 1.29 is 39.6 Å². The first-order valence-electron chi connectivity index (χ1n) is 2.91. The monoisotopic (exact) mass is 196 g/mol. The van der Waals surface area contributed by atoms with E-state index in [-0.39, 0.29) is 0 Å². The van der Waals surface area contributed by atoms with Crippen molar-refractivity contribution in [3.05, 3.63) is 0 Å². The predicted molar refractivity (Wildman–Crippen MR) is 38.5 cm³/mol. The predicted octanol–water partition coefficient (Wildman–Crippen LogP) is -2.88. The van der Waals surface area contributed by atoms with Gasteiger partial charge in [0.05, 0.1) is 0 Å². The molecule has 0 bridgehead atoms. The van der Waals surface area contributed by atoms with Gasteiger partial charge in [0.15, 0.2) is 0 Å². The molecule has 5 N–H and O–H groups in total. The summed E-state index contributed by atoms with van der Waals surface area (Å²) in [5, 5.41) is 37.3. The SMILES string of the molecule is O=C(O)COCC(=O)O.OB(O)O. The van der Waals surface area contributed by atoms with Crippen LogP contribution >= 0.6 is 0 Å². The van der Waals surface area contributed by atoms with Gasteiger partial charge < -0.3 is 30.0 Å². The van der Waals surface area contributed by atoms with Crippen LogP contribution in [0, 0.1) is 0 Å². The van der Waals surface area contributed by atoms with E-state index in [4.69, 9.17) is 25.3 Å². The van der Waals surface area contributed by atoms with Gasteiger partial charge >= 0.3 is 19.3 Å². The maximum absolute atomic E-state index is 9.66. The van der Waals surface area contributed by atoms with Gasteiger partial charge in [-0.3, -0.25) is 0 Å². The number of ether oxygens (including phenoxy) is 1. The molecule has 0 unspecified atom stereocenters. The van der Waals surface area contributed by atoms with E-state index in [1.165, 1.54) is 0 Å². The van der Waals surface area contributed by atoms with E-state index in [2.05, 4.69) is 4.74 Å². The van der Waals surface area contributed by atoms with Crippen molar-refractivity contribution in [1.82, 2.24) is 0 Å². The fraction of sp³-hybridized carbons (Fsp3) is 0.500. The molecule has 0 spiro atoms. The summed E-state index contributed by atoms with van der Waals surface area (Å²) in [6.07, 6.45) is 0. The Morgan fingerprint density at radius 1 is 1.00 bits per heavy atom. The van der Waals surface area contributed by atoms with E-state index in [0.717, 1.165) is 0 Å². The molecule has 0 fully saturated rings. The molecule has 0 amide bonds. The van der Waals surface area contributed by atoms with Crippen molar-refractivity contribution in [2.75, 3.05) is 13.2 Å². The summed E-state index contributed by atoms with van der Waals surface area (Å²) in [7, 11) is -2.17. The minimum absolute atomic E-state index is 0.563. The van der Waals surface area contributed by atoms with E-state index >= 15 is 0 Å². The summed E-state index contributed by atoms with van der Waals surface area (Å²) in [4.78, 5) is 19.3. The highest BCUT2D eigenvalue weighted by molar-refractivity contribution is 6.30. The molecule has 0 aromatic rings. The quantitative estimate of drug-likeness (QED) is 0.301. The third-order valence-electron chi connectivity index (χ3n) is 0.451. The van der Waals surface area contributed by atoms with Crippen molar-refractivity contribution >= 4 is 19.3 Å². The lowest BCUT2D eigenvalue weighted by atomic mass is 10.3. The molecular formula is C4H9BO8. The largest absolute Gasteiger partial charge is 0.631 e. The maximum Gasteiger partial charge on any atom is 0.631 e. The topological polar surface area (TPSA) is 145 Å². The van der Waals surface area contributed by atoms with Crippen LogP contribution in [0.2, 0.25) is 0 Å². The molecule has 0 aromatic carbocycles. The van der Waals surface area contributed by atoms with Gasteiger partial charge in [-0.25, -0.2) is 9.59 Å². The highest BCUT2D eigenvalue weighted by Crippen LogP contribution is 1.73. The Hall–Kier alpha value is -1.16. The Labute approximate surface area is 73.2 Å². The number of hydrogen-bond acceptors (Lipinski definition) is 6. The van der Waals surface area contributed by atoms with Crippen LogP contribution in [-0.2, 0) is 14.3 Å².